The second-order valence-electron chi connectivity index (χ2n) is 3.34. The maximum atomic E-state index is 11.0. The van der Waals surface area contributed by atoms with E-state index >= 15 is 0 Å². The first kappa shape index (κ1) is 11.9. The van der Waals surface area contributed by atoms with E-state index in [2.05, 4.69) is 5.10 Å². The highest BCUT2D eigenvalue weighted by atomic mass is 32.2. The van der Waals surface area contributed by atoms with Gasteiger partial charge in [0.1, 0.15) is 16.4 Å². The molecule has 0 saturated heterocycles. The summed E-state index contributed by atoms with van der Waals surface area (Å²) in [6.45, 7) is 5.77. The first-order valence-electron chi connectivity index (χ1n) is 4.73. The van der Waals surface area contributed by atoms with E-state index in [0.717, 1.165) is 5.75 Å². The third kappa shape index (κ3) is 2.26. The molecule has 15 heavy (non-hydrogen) atoms. The van der Waals surface area contributed by atoms with Crippen LogP contribution >= 0.6 is 11.8 Å². The Balaban J connectivity index is 3.26. The third-order valence-corrected chi connectivity index (χ3v) is 2.75. The molecular weight excluding hydrogens is 214 g/mol. The first-order chi connectivity index (χ1) is 6.99. The summed E-state index contributed by atoms with van der Waals surface area (Å²) in [4.78, 5) is 11.0. The fourth-order valence-electron chi connectivity index (χ4n) is 1.26. The van der Waals surface area contributed by atoms with Gasteiger partial charge in [-0.2, -0.15) is 5.10 Å². The normalized spacial score (nSPS) is 10.9. The minimum Gasteiger partial charge on any atom is -0.477 e. The van der Waals surface area contributed by atoms with E-state index in [1.54, 1.807) is 4.68 Å². The molecule has 0 radical (unpaired) electrons. The molecule has 0 atom stereocenters. The number of nitrogens with two attached hydrogens (primary N) is 1. The average molecular weight is 229 g/mol. The number of anilines is 1. The van der Waals surface area contributed by atoms with Gasteiger partial charge < -0.3 is 10.8 Å². The second kappa shape index (κ2) is 4.57. The number of thioether (sulfide) groups is 1. The van der Waals surface area contributed by atoms with Crippen LogP contribution in [0.15, 0.2) is 5.03 Å². The number of hydrogen-bond acceptors (Lipinski definition) is 4. The van der Waals surface area contributed by atoms with Gasteiger partial charge in [0, 0.05) is 6.04 Å². The molecule has 84 valence electrons. The van der Waals surface area contributed by atoms with Crippen molar-refractivity contribution in [3.8, 4) is 0 Å². The molecule has 0 spiro atoms. The monoisotopic (exact) mass is 229 g/mol. The minimum absolute atomic E-state index is 0.0642. The van der Waals surface area contributed by atoms with Gasteiger partial charge in [0.2, 0.25) is 0 Å². The van der Waals surface area contributed by atoms with Gasteiger partial charge in [-0.15, -0.1) is 11.8 Å². The van der Waals surface area contributed by atoms with Crippen molar-refractivity contribution in [1.29, 1.82) is 0 Å². The zero-order valence-corrected chi connectivity index (χ0v) is 9.84. The Bertz CT molecular complexity index is 374. The fourth-order valence-corrected chi connectivity index (χ4v) is 2.01. The first-order valence-corrected chi connectivity index (χ1v) is 5.71. The molecule has 0 aliphatic rings. The van der Waals surface area contributed by atoms with Crippen molar-refractivity contribution in [2.45, 2.75) is 31.8 Å². The molecular formula is C9H15N3O2S. The zero-order valence-electron chi connectivity index (χ0n) is 9.02. The van der Waals surface area contributed by atoms with Crippen LogP contribution in [-0.2, 0) is 0 Å². The van der Waals surface area contributed by atoms with Crippen LogP contribution in [0.25, 0.3) is 0 Å². The van der Waals surface area contributed by atoms with Gasteiger partial charge in [-0.3, -0.25) is 0 Å². The molecule has 6 heteroatoms. The third-order valence-electron chi connectivity index (χ3n) is 1.90. The summed E-state index contributed by atoms with van der Waals surface area (Å²) in [5.41, 5.74) is 5.86. The quantitative estimate of drug-likeness (QED) is 0.770. The Morgan fingerprint density at radius 2 is 2.27 bits per heavy atom. The molecule has 0 aromatic carbocycles. The molecule has 1 aromatic heterocycles. The lowest BCUT2D eigenvalue weighted by molar-refractivity contribution is 0.0694. The summed E-state index contributed by atoms with van der Waals surface area (Å²) >= 11 is 1.39. The van der Waals surface area contributed by atoms with Gasteiger partial charge in [0.25, 0.3) is 0 Å². The van der Waals surface area contributed by atoms with Gasteiger partial charge in [0.15, 0.2) is 0 Å². The van der Waals surface area contributed by atoms with Crippen molar-refractivity contribution in [3.05, 3.63) is 5.56 Å². The summed E-state index contributed by atoms with van der Waals surface area (Å²) in [7, 11) is 0. The van der Waals surface area contributed by atoms with Crippen molar-refractivity contribution in [1.82, 2.24) is 9.78 Å². The van der Waals surface area contributed by atoms with Crippen LogP contribution in [-0.4, -0.2) is 26.6 Å². The van der Waals surface area contributed by atoms with E-state index < -0.39 is 5.97 Å². The van der Waals surface area contributed by atoms with Crippen molar-refractivity contribution in [3.63, 3.8) is 0 Å². The lowest BCUT2D eigenvalue weighted by Gasteiger charge is -2.06. The van der Waals surface area contributed by atoms with E-state index in [4.69, 9.17) is 10.8 Å². The van der Waals surface area contributed by atoms with Crippen LogP contribution in [0.2, 0.25) is 0 Å². The summed E-state index contributed by atoms with van der Waals surface area (Å²) in [5.74, 6) is -0.0155. The van der Waals surface area contributed by atoms with Crippen LogP contribution < -0.4 is 5.73 Å². The number of hydrogen-bond donors (Lipinski definition) is 2. The van der Waals surface area contributed by atoms with E-state index in [1.165, 1.54) is 11.8 Å². The Kier molecular flexibility index (Phi) is 3.62. The zero-order chi connectivity index (χ0) is 11.6. The number of aromatic nitrogens is 2. The number of aromatic carboxylic acids is 1. The van der Waals surface area contributed by atoms with Crippen LogP contribution in [0.5, 0.6) is 0 Å². The molecule has 0 bridgehead atoms. The van der Waals surface area contributed by atoms with Crippen molar-refractivity contribution < 1.29 is 9.90 Å². The molecule has 0 aliphatic heterocycles. The molecule has 0 saturated carbocycles. The van der Waals surface area contributed by atoms with E-state index in [9.17, 15) is 4.79 Å². The van der Waals surface area contributed by atoms with Gasteiger partial charge in [-0.05, 0) is 19.6 Å². The molecule has 0 fully saturated rings. The Hall–Kier alpha value is -1.17. The molecule has 1 aromatic rings. The maximum Gasteiger partial charge on any atom is 0.342 e. The molecule has 5 nitrogen and oxygen atoms in total. The summed E-state index contributed by atoms with van der Waals surface area (Å²) in [6, 6.07) is 0.0642. The Morgan fingerprint density at radius 1 is 1.67 bits per heavy atom. The Labute approximate surface area is 92.6 Å². The van der Waals surface area contributed by atoms with Crippen LogP contribution in [0.3, 0.4) is 0 Å². The summed E-state index contributed by atoms with van der Waals surface area (Å²) in [6.07, 6.45) is 0. The highest BCUT2D eigenvalue weighted by molar-refractivity contribution is 7.99. The number of carbonyl (C=O) groups is 1. The largest absolute Gasteiger partial charge is 0.477 e. The summed E-state index contributed by atoms with van der Waals surface area (Å²) < 4.78 is 1.54. The molecule has 1 rings (SSSR count). The number of rotatable bonds is 4. The average Bonchev–Trinajstić information content (AvgIpc) is 2.43. The van der Waals surface area contributed by atoms with Crippen molar-refractivity contribution >= 4 is 23.5 Å². The van der Waals surface area contributed by atoms with Gasteiger partial charge in [-0.1, -0.05) is 6.92 Å². The lowest BCUT2D eigenvalue weighted by Crippen LogP contribution is -2.09. The van der Waals surface area contributed by atoms with Gasteiger partial charge in [0.05, 0.1) is 0 Å². The molecule has 1 heterocycles. The smallest absolute Gasteiger partial charge is 0.342 e. The van der Waals surface area contributed by atoms with E-state index in [1.807, 2.05) is 20.8 Å². The summed E-state index contributed by atoms with van der Waals surface area (Å²) in [5, 5.41) is 13.7. The molecule has 0 aliphatic carbocycles. The molecule has 0 unspecified atom stereocenters. The molecule has 3 N–H and O–H groups in total. The van der Waals surface area contributed by atoms with E-state index in [0.29, 0.717) is 5.03 Å². The predicted octanol–water partition coefficient (Wildman–Crippen LogP) is 1.86. The highest BCUT2D eigenvalue weighted by Gasteiger charge is 2.22. The van der Waals surface area contributed by atoms with Crippen LogP contribution in [0, 0.1) is 0 Å². The highest BCUT2D eigenvalue weighted by Crippen LogP contribution is 2.28. The minimum atomic E-state index is -1.02. The molecule has 0 amide bonds. The second-order valence-corrected chi connectivity index (χ2v) is 4.59. The number of carboxylic acids is 1. The van der Waals surface area contributed by atoms with Crippen molar-refractivity contribution in [2.24, 2.45) is 0 Å². The Morgan fingerprint density at radius 3 is 2.67 bits per heavy atom. The van der Waals surface area contributed by atoms with Gasteiger partial charge in [-0.25, -0.2) is 9.48 Å². The van der Waals surface area contributed by atoms with Crippen LogP contribution in [0.1, 0.15) is 37.2 Å². The number of carboxylic acid groups (broad SMARTS) is 1. The van der Waals surface area contributed by atoms with Gasteiger partial charge >= 0.3 is 5.97 Å². The van der Waals surface area contributed by atoms with Crippen molar-refractivity contribution in [2.75, 3.05) is 11.5 Å². The predicted molar refractivity (Wildman–Crippen MR) is 60.4 cm³/mol. The fraction of sp³-hybridized carbons (Fsp3) is 0.556. The van der Waals surface area contributed by atoms with Crippen LogP contribution in [0.4, 0.5) is 5.82 Å². The SMILES string of the molecule is CCSc1nn(C(C)C)c(N)c1C(=O)O. The van der Waals surface area contributed by atoms with E-state index in [-0.39, 0.29) is 17.4 Å². The lowest BCUT2D eigenvalue weighted by atomic mass is 10.3. The number of nitrogen functional groups attached to an aromatic ring is 1. The number of nitrogens with zero attached hydrogens (tertiary/aromatic N) is 2. The maximum absolute atomic E-state index is 11.0. The standard InChI is InChI=1S/C9H15N3O2S/c1-4-15-8-6(9(13)14)7(10)12(11-8)5(2)3/h5H,4,10H2,1-3H3,(H,13,14). The topological polar surface area (TPSA) is 81.1 Å².